The van der Waals surface area contributed by atoms with Crippen molar-refractivity contribution in [3.63, 3.8) is 0 Å². The third kappa shape index (κ3) is 4.30. The fourth-order valence-electron chi connectivity index (χ4n) is 1.35. The van der Waals surface area contributed by atoms with Crippen molar-refractivity contribution in [2.45, 2.75) is 13.3 Å². The first-order valence-electron chi connectivity index (χ1n) is 5.72. The molecular weight excluding hydrogens is 228 g/mol. The Kier molecular flexibility index (Phi) is 5.46. The summed E-state index contributed by atoms with van der Waals surface area (Å²) in [5.41, 5.74) is 2.23. The molecule has 0 spiro atoms. The van der Waals surface area contributed by atoms with Crippen LogP contribution in [0.2, 0.25) is 0 Å². The highest BCUT2D eigenvalue weighted by molar-refractivity contribution is 5.88. The van der Waals surface area contributed by atoms with Crippen LogP contribution in [0.5, 0.6) is 0 Å². The van der Waals surface area contributed by atoms with Gasteiger partial charge in [0.15, 0.2) is 0 Å². The second-order valence-corrected chi connectivity index (χ2v) is 3.71. The summed E-state index contributed by atoms with van der Waals surface area (Å²) in [7, 11) is 0. The molecule has 1 aromatic rings. The van der Waals surface area contributed by atoms with Gasteiger partial charge in [0.2, 0.25) is 0 Å². The average Bonchev–Trinajstić information content (AvgIpc) is 2.38. The largest absolute Gasteiger partial charge is 0.463 e. The molecule has 0 radical (unpaired) electrons. The van der Waals surface area contributed by atoms with Crippen LogP contribution in [-0.2, 0) is 16.0 Å². The minimum atomic E-state index is -0.383. The van der Waals surface area contributed by atoms with Crippen LogP contribution in [0.15, 0.2) is 36.4 Å². The molecule has 0 aliphatic heterocycles. The number of hydrogen-bond acceptors (Lipinski definition) is 4. The van der Waals surface area contributed by atoms with Gasteiger partial charge in [0.1, 0.15) is 0 Å². The first kappa shape index (κ1) is 13.8. The number of anilines is 1. The van der Waals surface area contributed by atoms with E-state index in [1.54, 1.807) is 6.92 Å². The van der Waals surface area contributed by atoms with Gasteiger partial charge in [-0.05, 0) is 24.6 Å². The summed E-state index contributed by atoms with van der Waals surface area (Å²) in [4.78, 5) is 11.3. The Labute approximate surface area is 107 Å². The van der Waals surface area contributed by atoms with Crippen molar-refractivity contribution in [2.75, 3.05) is 18.5 Å². The van der Waals surface area contributed by atoms with Gasteiger partial charge in [-0.1, -0.05) is 18.7 Å². The Morgan fingerprint density at radius 2 is 2.11 bits per heavy atom. The van der Waals surface area contributed by atoms with Gasteiger partial charge >= 0.3 is 5.97 Å². The first-order valence-corrected chi connectivity index (χ1v) is 5.72. The van der Waals surface area contributed by atoms with E-state index < -0.39 is 0 Å². The zero-order valence-electron chi connectivity index (χ0n) is 10.4. The highest BCUT2D eigenvalue weighted by Gasteiger charge is 2.06. The zero-order valence-corrected chi connectivity index (χ0v) is 10.4. The molecular formula is C14H16N2O2. The Morgan fingerprint density at radius 3 is 2.67 bits per heavy atom. The van der Waals surface area contributed by atoms with E-state index in [9.17, 15) is 4.79 Å². The van der Waals surface area contributed by atoms with Crippen molar-refractivity contribution in [3.05, 3.63) is 42.0 Å². The molecule has 0 aromatic heterocycles. The van der Waals surface area contributed by atoms with E-state index in [0.717, 1.165) is 11.3 Å². The molecule has 0 fully saturated rings. The van der Waals surface area contributed by atoms with Crippen LogP contribution in [-0.4, -0.2) is 19.1 Å². The number of benzene rings is 1. The molecule has 1 aromatic carbocycles. The number of carbonyl (C=O) groups is 1. The van der Waals surface area contributed by atoms with E-state index in [0.29, 0.717) is 25.1 Å². The van der Waals surface area contributed by atoms with Gasteiger partial charge in [-0.25, -0.2) is 4.79 Å². The van der Waals surface area contributed by atoms with Gasteiger partial charge in [-0.3, -0.25) is 0 Å². The summed E-state index contributed by atoms with van der Waals surface area (Å²) in [6.07, 6.45) is 0.399. The van der Waals surface area contributed by atoms with Crippen molar-refractivity contribution < 1.29 is 9.53 Å². The summed E-state index contributed by atoms with van der Waals surface area (Å²) in [6.45, 7) is 6.10. The van der Waals surface area contributed by atoms with Gasteiger partial charge in [0, 0.05) is 17.8 Å². The van der Waals surface area contributed by atoms with Crippen molar-refractivity contribution >= 4 is 11.7 Å². The summed E-state index contributed by atoms with van der Waals surface area (Å²) in [5.74, 6) is -0.383. The normalized spacial score (nSPS) is 9.33. The Morgan fingerprint density at radius 1 is 1.44 bits per heavy atom. The molecule has 0 aliphatic rings. The van der Waals surface area contributed by atoms with Crippen molar-refractivity contribution in [3.8, 4) is 6.07 Å². The maximum absolute atomic E-state index is 11.3. The molecule has 1 rings (SSSR count). The third-order valence-electron chi connectivity index (χ3n) is 2.31. The van der Waals surface area contributed by atoms with E-state index >= 15 is 0 Å². The van der Waals surface area contributed by atoms with Crippen LogP contribution in [0.1, 0.15) is 12.5 Å². The number of ether oxygens (including phenoxy) is 1. The quantitative estimate of drug-likeness (QED) is 0.616. The lowest BCUT2D eigenvalue weighted by Crippen LogP contribution is -2.14. The maximum atomic E-state index is 11.3. The lowest BCUT2D eigenvalue weighted by molar-refractivity contribution is -0.138. The molecule has 18 heavy (non-hydrogen) atoms. The topological polar surface area (TPSA) is 62.1 Å². The van der Waals surface area contributed by atoms with Crippen LogP contribution < -0.4 is 5.32 Å². The van der Waals surface area contributed by atoms with Crippen LogP contribution in [0, 0.1) is 11.3 Å². The number of nitrogens with one attached hydrogen (secondary N) is 1. The molecule has 4 nitrogen and oxygen atoms in total. The second kappa shape index (κ2) is 7.13. The van der Waals surface area contributed by atoms with Gasteiger partial charge in [-0.2, -0.15) is 5.26 Å². The van der Waals surface area contributed by atoms with Crippen molar-refractivity contribution in [1.82, 2.24) is 0 Å². The second-order valence-electron chi connectivity index (χ2n) is 3.71. The van der Waals surface area contributed by atoms with Gasteiger partial charge in [-0.15, -0.1) is 0 Å². The minimum Gasteiger partial charge on any atom is -0.463 e. The molecule has 0 saturated heterocycles. The Hall–Kier alpha value is -2.28. The average molecular weight is 244 g/mol. The van der Waals surface area contributed by atoms with Crippen molar-refractivity contribution in [1.29, 1.82) is 5.26 Å². The number of rotatable bonds is 6. The predicted molar refractivity (Wildman–Crippen MR) is 70.0 cm³/mol. The van der Waals surface area contributed by atoms with Crippen LogP contribution in [0.3, 0.4) is 0 Å². The fourth-order valence-corrected chi connectivity index (χ4v) is 1.35. The summed E-state index contributed by atoms with van der Waals surface area (Å²) in [6, 6.07) is 9.57. The molecule has 94 valence electrons. The van der Waals surface area contributed by atoms with Crippen LogP contribution in [0.4, 0.5) is 5.69 Å². The molecule has 0 amide bonds. The minimum absolute atomic E-state index is 0.344. The van der Waals surface area contributed by atoms with Gasteiger partial charge in [0.25, 0.3) is 0 Å². The third-order valence-corrected chi connectivity index (χ3v) is 2.31. The fraction of sp³-hybridized carbons (Fsp3) is 0.286. The number of esters is 1. The number of carbonyl (C=O) groups excluding carboxylic acids is 1. The number of nitriles is 1. The highest BCUT2D eigenvalue weighted by Crippen LogP contribution is 2.10. The van der Waals surface area contributed by atoms with E-state index in [1.807, 2.05) is 24.3 Å². The zero-order chi connectivity index (χ0) is 13.4. The van der Waals surface area contributed by atoms with E-state index in [2.05, 4.69) is 18.0 Å². The standard InChI is InChI=1S/C14H16N2O2/c1-3-18-14(17)11(2)10-16-13-6-4-12(5-7-13)8-9-15/h4-7,16H,2-3,8,10H2,1H3. The molecule has 0 heterocycles. The Balaban J connectivity index is 2.46. The summed E-state index contributed by atoms with van der Waals surface area (Å²) < 4.78 is 4.83. The highest BCUT2D eigenvalue weighted by atomic mass is 16.5. The van der Waals surface area contributed by atoms with Crippen LogP contribution >= 0.6 is 0 Å². The van der Waals surface area contributed by atoms with E-state index in [-0.39, 0.29) is 5.97 Å². The Bertz CT molecular complexity index is 458. The van der Waals surface area contributed by atoms with Crippen LogP contribution in [0.25, 0.3) is 0 Å². The molecule has 0 atom stereocenters. The van der Waals surface area contributed by atoms with E-state index in [4.69, 9.17) is 10.00 Å². The predicted octanol–water partition coefficient (Wildman–Crippen LogP) is 2.28. The smallest absolute Gasteiger partial charge is 0.335 e. The molecule has 1 N–H and O–H groups in total. The SMILES string of the molecule is C=C(CNc1ccc(CC#N)cc1)C(=O)OCC. The molecule has 0 saturated carbocycles. The van der Waals surface area contributed by atoms with Gasteiger partial charge in [0.05, 0.1) is 19.1 Å². The van der Waals surface area contributed by atoms with Crippen molar-refractivity contribution in [2.24, 2.45) is 0 Å². The molecule has 0 bridgehead atoms. The first-order chi connectivity index (χ1) is 8.67. The molecule has 0 unspecified atom stereocenters. The lowest BCUT2D eigenvalue weighted by atomic mass is 10.1. The number of hydrogen-bond donors (Lipinski definition) is 1. The van der Waals surface area contributed by atoms with Gasteiger partial charge < -0.3 is 10.1 Å². The maximum Gasteiger partial charge on any atom is 0.335 e. The monoisotopic (exact) mass is 244 g/mol. The summed E-state index contributed by atoms with van der Waals surface area (Å²) in [5, 5.41) is 11.6. The molecule has 0 aliphatic carbocycles. The van der Waals surface area contributed by atoms with E-state index in [1.165, 1.54) is 0 Å². The summed E-state index contributed by atoms with van der Waals surface area (Å²) >= 11 is 0. The lowest BCUT2D eigenvalue weighted by Gasteiger charge is -2.08. The number of nitrogens with zero attached hydrogens (tertiary/aromatic N) is 1. The molecule has 4 heteroatoms.